The molecule has 0 radical (unpaired) electrons. The highest BCUT2D eigenvalue weighted by Gasteiger charge is 2.34. The number of aromatic nitrogens is 2. The van der Waals surface area contributed by atoms with Gasteiger partial charge in [-0.3, -0.25) is 0 Å². The van der Waals surface area contributed by atoms with Gasteiger partial charge in [-0.2, -0.15) is 13.2 Å². The molecule has 124 valence electrons. The van der Waals surface area contributed by atoms with E-state index in [1.54, 1.807) is 0 Å². The molecular formula is C15H22F3N3O. The Morgan fingerprint density at radius 2 is 2.18 bits per heavy atom. The molecule has 22 heavy (non-hydrogen) atoms. The number of rotatable bonds is 5. The molecule has 2 heterocycles. The molecule has 1 fully saturated rings. The molecule has 0 aromatic carbocycles. The second-order valence-electron chi connectivity index (χ2n) is 6.00. The zero-order valence-electron chi connectivity index (χ0n) is 12.7. The molecule has 1 aromatic heterocycles. The number of alkyl halides is 3. The maximum absolute atomic E-state index is 12.3. The number of aliphatic hydroxyl groups is 1. The lowest BCUT2D eigenvalue weighted by Crippen LogP contribution is -2.45. The lowest BCUT2D eigenvalue weighted by Gasteiger charge is -2.41. The van der Waals surface area contributed by atoms with Crippen LogP contribution in [0, 0.1) is 5.41 Å². The van der Waals surface area contributed by atoms with Gasteiger partial charge in [0.05, 0.1) is 6.61 Å². The average Bonchev–Trinajstić information content (AvgIpc) is 2.52. The van der Waals surface area contributed by atoms with E-state index >= 15 is 0 Å². The van der Waals surface area contributed by atoms with E-state index in [9.17, 15) is 18.3 Å². The van der Waals surface area contributed by atoms with Crippen molar-refractivity contribution in [1.82, 2.24) is 9.97 Å². The molecule has 1 N–H and O–H groups in total. The molecule has 0 saturated carbocycles. The molecule has 0 aliphatic carbocycles. The summed E-state index contributed by atoms with van der Waals surface area (Å²) in [6, 6.07) is 1.53. The number of aliphatic hydroxyl groups excluding tert-OH is 1. The van der Waals surface area contributed by atoms with Crippen LogP contribution in [-0.4, -0.2) is 40.9 Å². The number of hydrogen-bond donors (Lipinski definition) is 1. The average molecular weight is 317 g/mol. The zero-order chi connectivity index (χ0) is 16.2. The largest absolute Gasteiger partial charge is 0.396 e. The minimum Gasteiger partial charge on any atom is -0.396 e. The van der Waals surface area contributed by atoms with Crippen molar-refractivity contribution in [2.75, 3.05) is 24.6 Å². The van der Waals surface area contributed by atoms with Gasteiger partial charge in [-0.25, -0.2) is 9.97 Å². The fraction of sp³-hybridized carbons (Fsp3) is 0.733. The van der Waals surface area contributed by atoms with Crippen LogP contribution in [0.3, 0.4) is 0 Å². The van der Waals surface area contributed by atoms with Crippen molar-refractivity contribution in [2.24, 2.45) is 5.41 Å². The van der Waals surface area contributed by atoms with Gasteiger partial charge in [0, 0.05) is 36.8 Å². The minimum absolute atomic E-state index is 0.105. The molecule has 2 rings (SSSR count). The van der Waals surface area contributed by atoms with Crippen LogP contribution in [0.25, 0.3) is 0 Å². The van der Waals surface area contributed by atoms with E-state index in [1.165, 1.54) is 12.3 Å². The predicted octanol–water partition coefficient (Wildman–Crippen LogP) is 2.96. The Kier molecular flexibility index (Phi) is 5.26. The predicted molar refractivity (Wildman–Crippen MR) is 77.7 cm³/mol. The normalized spacial score (nSPS) is 22.9. The van der Waals surface area contributed by atoms with E-state index in [2.05, 4.69) is 9.97 Å². The highest BCUT2D eigenvalue weighted by Crippen LogP contribution is 2.34. The Bertz CT molecular complexity index is 489. The Morgan fingerprint density at radius 3 is 2.82 bits per heavy atom. The first kappa shape index (κ1) is 17.0. The van der Waals surface area contributed by atoms with Crippen molar-refractivity contribution in [2.45, 2.75) is 45.2 Å². The third-order valence-electron chi connectivity index (χ3n) is 4.39. The minimum atomic E-state index is -4.18. The van der Waals surface area contributed by atoms with Gasteiger partial charge in [0.25, 0.3) is 0 Å². The number of halogens is 3. The van der Waals surface area contributed by atoms with Crippen LogP contribution in [-0.2, 0) is 6.42 Å². The molecule has 1 saturated heterocycles. The van der Waals surface area contributed by atoms with Gasteiger partial charge in [0.15, 0.2) is 0 Å². The van der Waals surface area contributed by atoms with Gasteiger partial charge in [-0.05, 0) is 31.7 Å². The second kappa shape index (κ2) is 6.81. The Hall–Kier alpha value is -1.37. The number of aryl methyl sites for hydroxylation is 1. The molecule has 7 heteroatoms. The van der Waals surface area contributed by atoms with Crippen LogP contribution < -0.4 is 4.90 Å². The van der Waals surface area contributed by atoms with E-state index in [4.69, 9.17) is 0 Å². The van der Waals surface area contributed by atoms with Gasteiger partial charge in [0.2, 0.25) is 5.95 Å². The topological polar surface area (TPSA) is 49.2 Å². The van der Waals surface area contributed by atoms with E-state index in [-0.39, 0.29) is 18.4 Å². The van der Waals surface area contributed by atoms with Gasteiger partial charge < -0.3 is 10.0 Å². The number of hydrogen-bond acceptors (Lipinski definition) is 4. The molecule has 0 unspecified atom stereocenters. The van der Waals surface area contributed by atoms with Crippen LogP contribution in [0.15, 0.2) is 12.3 Å². The summed E-state index contributed by atoms with van der Waals surface area (Å²) in [5.41, 5.74) is 0.239. The Balaban J connectivity index is 2.08. The third kappa shape index (κ3) is 4.32. The molecule has 1 atom stereocenters. The molecular weight excluding hydrogens is 295 g/mol. The number of anilines is 1. The first-order chi connectivity index (χ1) is 10.4. The van der Waals surface area contributed by atoms with Crippen LogP contribution in [0.5, 0.6) is 0 Å². The second-order valence-corrected chi connectivity index (χ2v) is 6.00. The van der Waals surface area contributed by atoms with Crippen molar-refractivity contribution < 1.29 is 18.3 Å². The highest BCUT2D eigenvalue weighted by molar-refractivity contribution is 5.32. The van der Waals surface area contributed by atoms with E-state index in [0.717, 1.165) is 25.8 Å². The molecule has 0 bridgehead atoms. The van der Waals surface area contributed by atoms with Crippen LogP contribution in [0.2, 0.25) is 0 Å². The van der Waals surface area contributed by atoms with Gasteiger partial charge in [-0.1, -0.05) is 6.92 Å². The third-order valence-corrected chi connectivity index (χ3v) is 4.39. The summed E-state index contributed by atoms with van der Waals surface area (Å²) in [6.45, 7) is 3.56. The van der Waals surface area contributed by atoms with Crippen molar-refractivity contribution in [3.8, 4) is 0 Å². The summed E-state index contributed by atoms with van der Waals surface area (Å²) in [4.78, 5) is 10.4. The summed E-state index contributed by atoms with van der Waals surface area (Å²) < 4.78 is 36.9. The summed E-state index contributed by atoms with van der Waals surface area (Å²) >= 11 is 0. The Labute approximate surface area is 128 Å². The van der Waals surface area contributed by atoms with Crippen molar-refractivity contribution in [3.05, 3.63) is 18.0 Å². The fourth-order valence-corrected chi connectivity index (χ4v) is 2.85. The van der Waals surface area contributed by atoms with E-state index < -0.39 is 12.6 Å². The zero-order valence-corrected chi connectivity index (χ0v) is 12.7. The summed E-state index contributed by atoms with van der Waals surface area (Å²) in [5.74, 6) is 0.464. The molecule has 1 aliphatic heterocycles. The standard InChI is InChI=1S/C15H22F3N3O/c1-2-14(11-22)6-3-9-21(10-14)13-19-8-5-12(20-13)4-7-15(16,17)18/h5,8,22H,2-4,6-7,9-11H2,1H3/t14-/m1/s1. The van der Waals surface area contributed by atoms with E-state index in [1.807, 2.05) is 11.8 Å². The first-order valence-electron chi connectivity index (χ1n) is 7.62. The van der Waals surface area contributed by atoms with Gasteiger partial charge >= 0.3 is 6.18 Å². The molecule has 0 amide bonds. The van der Waals surface area contributed by atoms with Gasteiger partial charge in [-0.15, -0.1) is 0 Å². The van der Waals surface area contributed by atoms with Crippen molar-refractivity contribution >= 4 is 5.95 Å². The summed E-state index contributed by atoms with van der Waals surface area (Å²) in [7, 11) is 0. The van der Waals surface area contributed by atoms with E-state index in [0.29, 0.717) is 18.2 Å². The lowest BCUT2D eigenvalue weighted by molar-refractivity contribution is -0.134. The summed E-state index contributed by atoms with van der Waals surface area (Å²) in [6.07, 6.45) is -0.951. The Morgan fingerprint density at radius 1 is 1.41 bits per heavy atom. The van der Waals surface area contributed by atoms with Gasteiger partial charge in [0.1, 0.15) is 0 Å². The summed E-state index contributed by atoms with van der Waals surface area (Å²) in [5, 5.41) is 9.64. The fourth-order valence-electron chi connectivity index (χ4n) is 2.85. The van der Waals surface area contributed by atoms with Crippen LogP contribution in [0.4, 0.5) is 19.1 Å². The van der Waals surface area contributed by atoms with Crippen LogP contribution >= 0.6 is 0 Å². The maximum atomic E-state index is 12.3. The highest BCUT2D eigenvalue weighted by atomic mass is 19.4. The lowest BCUT2D eigenvalue weighted by atomic mass is 9.78. The molecule has 0 spiro atoms. The molecule has 1 aliphatic rings. The smallest absolute Gasteiger partial charge is 0.389 e. The first-order valence-corrected chi connectivity index (χ1v) is 7.62. The quantitative estimate of drug-likeness (QED) is 0.907. The SMILES string of the molecule is CC[C@@]1(CO)CCCN(c2nccc(CCC(F)(F)F)n2)C1. The monoisotopic (exact) mass is 317 g/mol. The molecule has 1 aromatic rings. The van der Waals surface area contributed by atoms with Crippen molar-refractivity contribution in [3.63, 3.8) is 0 Å². The van der Waals surface area contributed by atoms with Crippen LogP contribution in [0.1, 0.15) is 38.3 Å². The maximum Gasteiger partial charge on any atom is 0.389 e. The van der Waals surface area contributed by atoms with Crippen molar-refractivity contribution in [1.29, 1.82) is 0 Å². The number of nitrogens with zero attached hydrogens (tertiary/aromatic N) is 3. The number of piperidine rings is 1. The molecule has 4 nitrogen and oxygen atoms in total.